The highest BCUT2D eigenvalue weighted by atomic mass is 16.5. The Labute approximate surface area is 78.2 Å². The van der Waals surface area contributed by atoms with E-state index in [-0.39, 0.29) is 11.4 Å². The summed E-state index contributed by atoms with van der Waals surface area (Å²) in [6.45, 7) is 2.11. The largest absolute Gasteiger partial charge is 0.508 e. The minimum Gasteiger partial charge on any atom is -0.508 e. The average Bonchev–Trinajstić information content (AvgIpc) is 2.01. The summed E-state index contributed by atoms with van der Waals surface area (Å²) in [5, 5.41) is 9.22. The second-order valence-corrected chi connectivity index (χ2v) is 3.90. The normalized spacial score (nSPS) is 19.2. The molecule has 70 valence electrons. The Balaban J connectivity index is 2.09. The van der Waals surface area contributed by atoms with Crippen molar-refractivity contribution in [1.29, 1.82) is 0 Å². The van der Waals surface area contributed by atoms with Crippen LogP contribution in [0.4, 0.5) is 0 Å². The van der Waals surface area contributed by atoms with Crippen LogP contribution in [-0.4, -0.2) is 10.7 Å². The van der Waals surface area contributed by atoms with Gasteiger partial charge in [0.2, 0.25) is 0 Å². The van der Waals surface area contributed by atoms with Gasteiger partial charge < -0.3 is 9.84 Å². The van der Waals surface area contributed by atoms with Crippen molar-refractivity contribution in [2.75, 3.05) is 0 Å². The van der Waals surface area contributed by atoms with E-state index >= 15 is 0 Å². The molecule has 0 radical (unpaired) electrons. The number of hydrogen-bond donors (Lipinski definition) is 1. The molecule has 0 unspecified atom stereocenters. The third-order valence-corrected chi connectivity index (χ3v) is 2.59. The van der Waals surface area contributed by atoms with E-state index < -0.39 is 0 Å². The van der Waals surface area contributed by atoms with Crippen LogP contribution in [-0.2, 0) is 0 Å². The maximum atomic E-state index is 9.22. The van der Waals surface area contributed by atoms with Gasteiger partial charge in [0.15, 0.2) is 0 Å². The number of aromatic hydroxyl groups is 1. The molecule has 0 amide bonds. The highest BCUT2D eigenvalue weighted by Crippen LogP contribution is 2.36. The maximum Gasteiger partial charge on any atom is 0.123 e. The molecular formula is C11H14O2. The fourth-order valence-electron chi connectivity index (χ4n) is 1.61. The number of phenols is 1. The van der Waals surface area contributed by atoms with Crippen LogP contribution in [0, 0.1) is 0 Å². The van der Waals surface area contributed by atoms with Crippen LogP contribution in [0.1, 0.15) is 26.2 Å². The molecule has 2 heteroatoms. The molecule has 13 heavy (non-hydrogen) atoms. The van der Waals surface area contributed by atoms with Crippen LogP contribution in [0.3, 0.4) is 0 Å². The van der Waals surface area contributed by atoms with Gasteiger partial charge in [-0.3, -0.25) is 0 Å². The van der Waals surface area contributed by atoms with E-state index in [1.54, 1.807) is 18.2 Å². The molecular weight excluding hydrogens is 164 g/mol. The fourth-order valence-corrected chi connectivity index (χ4v) is 1.61. The van der Waals surface area contributed by atoms with Crippen LogP contribution < -0.4 is 4.74 Å². The number of benzene rings is 1. The van der Waals surface area contributed by atoms with E-state index in [9.17, 15) is 5.11 Å². The van der Waals surface area contributed by atoms with Gasteiger partial charge in [-0.25, -0.2) is 0 Å². The van der Waals surface area contributed by atoms with Gasteiger partial charge in [0.05, 0.1) is 0 Å². The zero-order valence-corrected chi connectivity index (χ0v) is 7.79. The Morgan fingerprint density at radius 1 is 1.38 bits per heavy atom. The van der Waals surface area contributed by atoms with E-state index in [1.807, 2.05) is 6.07 Å². The molecule has 2 rings (SSSR count). The molecule has 1 aromatic rings. The topological polar surface area (TPSA) is 29.5 Å². The molecule has 1 saturated carbocycles. The van der Waals surface area contributed by atoms with Crippen molar-refractivity contribution >= 4 is 0 Å². The van der Waals surface area contributed by atoms with Crippen LogP contribution in [0.2, 0.25) is 0 Å². The quantitative estimate of drug-likeness (QED) is 0.754. The first-order chi connectivity index (χ1) is 6.18. The van der Waals surface area contributed by atoms with E-state index in [1.165, 1.54) is 6.42 Å². The molecule has 0 bridgehead atoms. The third-order valence-electron chi connectivity index (χ3n) is 2.59. The molecule has 0 aliphatic heterocycles. The fraction of sp³-hybridized carbons (Fsp3) is 0.455. The van der Waals surface area contributed by atoms with E-state index in [2.05, 4.69) is 6.92 Å². The molecule has 0 heterocycles. The predicted molar refractivity (Wildman–Crippen MR) is 51.0 cm³/mol. The van der Waals surface area contributed by atoms with Crippen molar-refractivity contribution in [1.82, 2.24) is 0 Å². The van der Waals surface area contributed by atoms with Gasteiger partial charge in [-0.05, 0) is 38.3 Å². The Hall–Kier alpha value is -1.18. The second kappa shape index (κ2) is 2.95. The Bertz CT molecular complexity index is 303. The average molecular weight is 178 g/mol. The monoisotopic (exact) mass is 178 g/mol. The van der Waals surface area contributed by atoms with Crippen molar-refractivity contribution in [2.45, 2.75) is 31.8 Å². The molecule has 1 aliphatic carbocycles. The van der Waals surface area contributed by atoms with Crippen LogP contribution in [0.5, 0.6) is 11.5 Å². The summed E-state index contributed by atoms with van der Waals surface area (Å²) in [6, 6.07) is 6.98. The molecule has 1 N–H and O–H groups in total. The highest BCUT2D eigenvalue weighted by Gasteiger charge is 2.33. The first kappa shape index (κ1) is 8.42. The Morgan fingerprint density at radius 2 is 2.15 bits per heavy atom. The van der Waals surface area contributed by atoms with Gasteiger partial charge in [0.1, 0.15) is 17.1 Å². The smallest absolute Gasteiger partial charge is 0.123 e. The van der Waals surface area contributed by atoms with Crippen molar-refractivity contribution in [3.63, 3.8) is 0 Å². The van der Waals surface area contributed by atoms with Crippen molar-refractivity contribution in [3.05, 3.63) is 24.3 Å². The summed E-state index contributed by atoms with van der Waals surface area (Å²) in [5.74, 6) is 1.03. The zero-order chi connectivity index (χ0) is 9.31. The predicted octanol–water partition coefficient (Wildman–Crippen LogP) is 2.71. The standard InChI is InChI=1S/C11H14O2/c1-11(6-3-7-11)13-10-5-2-4-9(12)8-10/h2,4-5,8,12H,3,6-7H2,1H3. The molecule has 0 saturated heterocycles. The van der Waals surface area contributed by atoms with Gasteiger partial charge in [0.25, 0.3) is 0 Å². The third kappa shape index (κ3) is 1.77. The van der Waals surface area contributed by atoms with Gasteiger partial charge in [-0.1, -0.05) is 6.07 Å². The molecule has 0 atom stereocenters. The summed E-state index contributed by atoms with van der Waals surface area (Å²) in [7, 11) is 0. The Morgan fingerprint density at radius 3 is 2.69 bits per heavy atom. The second-order valence-electron chi connectivity index (χ2n) is 3.90. The lowest BCUT2D eigenvalue weighted by Crippen LogP contribution is -2.39. The highest BCUT2D eigenvalue weighted by molar-refractivity contribution is 5.32. The maximum absolute atomic E-state index is 9.22. The lowest BCUT2D eigenvalue weighted by molar-refractivity contribution is 0.0112. The number of phenolic OH excluding ortho intramolecular Hbond substituents is 1. The number of hydrogen-bond acceptors (Lipinski definition) is 2. The SMILES string of the molecule is CC1(Oc2cccc(O)c2)CCC1. The number of ether oxygens (including phenoxy) is 1. The summed E-state index contributed by atoms with van der Waals surface area (Å²) < 4.78 is 5.76. The molecule has 1 aliphatic rings. The van der Waals surface area contributed by atoms with Gasteiger partial charge in [-0.15, -0.1) is 0 Å². The van der Waals surface area contributed by atoms with E-state index in [0.29, 0.717) is 0 Å². The molecule has 0 spiro atoms. The number of rotatable bonds is 2. The van der Waals surface area contributed by atoms with Gasteiger partial charge >= 0.3 is 0 Å². The summed E-state index contributed by atoms with van der Waals surface area (Å²) >= 11 is 0. The van der Waals surface area contributed by atoms with Crippen LogP contribution in [0.15, 0.2) is 24.3 Å². The van der Waals surface area contributed by atoms with E-state index in [4.69, 9.17) is 4.74 Å². The van der Waals surface area contributed by atoms with Crippen molar-refractivity contribution in [2.24, 2.45) is 0 Å². The lowest BCUT2D eigenvalue weighted by Gasteiger charge is -2.38. The summed E-state index contributed by atoms with van der Waals surface area (Å²) in [5.41, 5.74) is 0.00773. The first-order valence-electron chi connectivity index (χ1n) is 4.66. The van der Waals surface area contributed by atoms with E-state index in [0.717, 1.165) is 18.6 Å². The summed E-state index contributed by atoms with van der Waals surface area (Å²) in [6.07, 6.45) is 3.47. The van der Waals surface area contributed by atoms with Crippen LogP contribution >= 0.6 is 0 Å². The Kier molecular flexibility index (Phi) is 1.91. The zero-order valence-electron chi connectivity index (χ0n) is 7.79. The lowest BCUT2D eigenvalue weighted by atomic mass is 9.82. The van der Waals surface area contributed by atoms with Gasteiger partial charge in [0, 0.05) is 6.07 Å². The molecule has 1 aromatic carbocycles. The summed E-state index contributed by atoms with van der Waals surface area (Å²) in [4.78, 5) is 0. The van der Waals surface area contributed by atoms with Crippen molar-refractivity contribution in [3.8, 4) is 11.5 Å². The molecule has 2 nitrogen and oxygen atoms in total. The minimum atomic E-state index is 0.00773. The van der Waals surface area contributed by atoms with Gasteiger partial charge in [-0.2, -0.15) is 0 Å². The van der Waals surface area contributed by atoms with Crippen LogP contribution in [0.25, 0.3) is 0 Å². The minimum absolute atomic E-state index is 0.00773. The molecule has 0 aromatic heterocycles. The molecule has 1 fully saturated rings. The van der Waals surface area contributed by atoms with Crippen molar-refractivity contribution < 1.29 is 9.84 Å². The first-order valence-corrected chi connectivity index (χ1v) is 4.66.